The first kappa shape index (κ1) is 16.1. The second-order valence-electron chi connectivity index (χ2n) is 5.06. The minimum absolute atomic E-state index is 0.00774. The summed E-state index contributed by atoms with van der Waals surface area (Å²) in [6, 6.07) is 13.5. The molecule has 0 fully saturated rings. The van der Waals surface area contributed by atoms with Crippen LogP contribution in [0.15, 0.2) is 52.3 Å². The van der Waals surface area contributed by atoms with E-state index in [1.165, 1.54) is 30.0 Å². The van der Waals surface area contributed by atoms with Crippen molar-refractivity contribution in [3.63, 3.8) is 0 Å². The first-order valence-electron chi connectivity index (χ1n) is 7.14. The fraction of sp³-hybridized carbons (Fsp3) is 0.111. The number of nitrogens with one attached hydrogen (secondary N) is 1. The Morgan fingerprint density at radius 3 is 2.79 bits per heavy atom. The number of fused-ring (bicyclic) bond motifs is 1. The summed E-state index contributed by atoms with van der Waals surface area (Å²) in [6.45, 7) is 0. The fourth-order valence-corrected chi connectivity index (χ4v) is 3.50. The Balaban J connectivity index is 2.05. The van der Waals surface area contributed by atoms with E-state index in [1.54, 1.807) is 7.11 Å². The van der Waals surface area contributed by atoms with Crippen molar-refractivity contribution in [2.24, 2.45) is 0 Å². The molecule has 3 rings (SSSR count). The predicted octanol–water partition coefficient (Wildman–Crippen LogP) is 3.84. The van der Waals surface area contributed by atoms with Crippen LogP contribution in [-0.4, -0.2) is 12.1 Å². The molecule has 0 radical (unpaired) electrons. The summed E-state index contributed by atoms with van der Waals surface area (Å²) in [5.41, 5.74) is 0.477. The highest BCUT2D eigenvalue weighted by molar-refractivity contribution is 7.98. The average Bonchev–Trinajstić information content (AvgIpc) is 2.60. The maximum absolute atomic E-state index is 13.6. The molecular weight excluding hydrogens is 327 g/mol. The molecule has 0 aliphatic rings. The van der Waals surface area contributed by atoms with Crippen LogP contribution in [0.4, 0.5) is 4.39 Å². The minimum Gasteiger partial charge on any atom is -0.496 e. The molecule has 0 unspecified atom stereocenters. The van der Waals surface area contributed by atoms with Gasteiger partial charge in [-0.2, -0.15) is 5.26 Å². The second-order valence-corrected chi connectivity index (χ2v) is 6.05. The molecule has 0 aliphatic carbocycles. The molecule has 120 valence electrons. The number of para-hydroxylation sites is 1. The zero-order valence-corrected chi connectivity index (χ0v) is 13.6. The molecular formula is C18H13FN2O2S. The van der Waals surface area contributed by atoms with Gasteiger partial charge in [-0.15, -0.1) is 11.8 Å². The second kappa shape index (κ2) is 6.77. The summed E-state index contributed by atoms with van der Waals surface area (Å²) in [5.74, 6) is 0.867. The Bertz CT molecular complexity index is 1010. The zero-order valence-electron chi connectivity index (χ0n) is 12.8. The van der Waals surface area contributed by atoms with Crippen LogP contribution in [0.2, 0.25) is 0 Å². The van der Waals surface area contributed by atoms with Gasteiger partial charge in [0.2, 0.25) is 0 Å². The number of hydrogen-bond donors (Lipinski definition) is 1. The van der Waals surface area contributed by atoms with E-state index in [-0.39, 0.29) is 5.56 Å². The quantitative estimate of drug-likeness (QED) is 0.733. The summed E-state index contributed by atoms with van der Waals surface area (Å²) in [6.07, 6.45) is 0. The van der Waals surface area contributed by atoms with E-state index in [4.69, 9.17) is 10.00 Å². The lowest BCUT2D eigenvalue weighted by molar-refractivity contribution is 0.411. The van der Waals surface area contributed by atoms with Gasteiger partial charge >= 0.3 is 0 Å². The van der Waals surface area contributed by atoms with Gasteiger partial charge in [0.05, 0.1) is 12.1 Å². The van der Waals surface area contributed by atoms with Crippen LogP contribution in [-0.2, 0) is 5.75 Å². The fourth-order valence-electron chi connectivity index (χ4n) is 2.47. The lowest BCUT2D eigenvalue weighted by Crippen LogP contribution is -2.12. The maximum Gasteiger partial charge on any atom is 0.267 e. The van der Waals surface area contributed by atoms with Gasteiger partial charge in [0.1, 0.15) is 23.2 Å². The Morgan fingerprint density at radius 1 is 1.25 bits per heavy atom. The number of halogens is 1. The Kier molecular flexibility index (Phi) is 4.54. The monoisotopic (exact) mass is 340 g/mol. The third-order valence-corrected chi connectivity index (χ3v) is 4.69. The molecule has 24 heavy (non-hydrogen) atoms. The molecule has 0 bridgehead atoms. The third kappa shape index (κ3) is 2.99. The van der Waals surface area contributed by atoms with Crippen LogP contribution in [0.5, 0.6) is 5.75 Å². The summed E-state index contributed by atoms with van der Waals surface area (Å²) < 4.78 is 18.9. The first-order valence-corrected chi connectivity index (χ1v) is 8.13. The third-order valence-electron chi connectivity index (χ3n) is 3.63. The van der Waals surface area contributed by atoms with E-state index in [1.807, 2.05) is 30.3 Å². The van der Waals surface area contributed by atoms with Crippen LogP contribution in [0.25, 0.3) is 10.8 Å². The van der Waals surface area contributed by atoms with E-state index >= 15 is 0 Å². The van der Waals surface area contributed by atoms with Gasteiger partial charge in [0.25, 0.3) is 5.56 Å². The van der Waals surface area contributed by atoms with Crippen molar-refractivity contribution in [2.75, 3.05) is 7.11 Å². The van der Waals surface area contributed by atoms with Gasteiger partial charge < -0.3 is 9.72 Å². The molecule has 1 aromatic heterocycles. The summed E-state index contributed by atoms with van der Waals surface area (Å²) in [5, 5.41) is 10.7. The van der Waals surface area contributed by atoms with Gasteiger partial charge in [-0.1, -0.05) is 18.2 Å². The highest BCUT2D eigenvalue weighted by atomic mass is 32.2. The SMILES string of the molecule is COc1ccccc1CSc1[nH]c(=O)c(C#N)c2ccc(F)cc12. The number of aromatic amines is 1. The average molecular weight is 340 g/mol. The minimum atomic E-state index is -0.473. The number of nitriles is 1. The summed E-state index contributed by atoms with van der Waals surface area (Å²) >= 11 is 1.36. The summed E-state index contributed by atoms with van der Waals surface area (Å²) in [7, 11) is 1.60. The predicted molar refractivity (Wildman–Crippen MR) is 91.8 cm³/mol. The van der Waals surface area contributed by atoms with Crippen LogP contribution in [0.3, 0.4) is 0 Å². The number of H-pyrrole nitrogens is 1. The molecule has 0 aliphatic heterocycles. The van der Waals surface area contributed by atoms with E-state index in [0.29, 0.717) is 21.6 Å². The molecule has 2 aromatic carbocycles. The smallest absolute Gasteiger partial charge is 0.267 e. The van der Waals surface area contributed by atoms with Crippen molar-refractivity contribution in [1.29, 1.82) is 5.26 Å². The topological polar surface area (TPSA) is 65.9 Å². The van der Waals surface area contributed by atoms with Crippen molar-refractivity contribution in [1.82, 2.24) is 4.98 Å². The van der Waals surface area contributed by atoms with E-state index in [0.717, 1.165) is 11.3 Å². The number of thioether (sulfide) groups is 1. The highest BCUT2D eigenvalue weighted by Gasteiger charge is 2.13. The molecule has 0 amide bonds. The number of methoxy groups -OCH3 is 1. The van der Waals surface area contributed by atoms with Crippen LogP contribution >= 0.6 is 11.8 Å². The highest BCUT2D eigenvalue weighted by Crippen LogP contribution is 2.31. The maximum atomic E-state index is 13.6. The van der Waals surface area contributed by atoms with E-state index < -0.39 is 11.4 Å². The Labute approximate surface area is 141 Å². The van der Waals surface area contributed by atoms with Crippen molar-refractivity contribution < 1.29 is 9.13 Å². The molecule has 3 aromatic rings. The van der Waals surface area contributed by atoms with Crippen LogP contribution in [0, 0.1) is 17.1 Å². The van der Waals surface area contributed by atoms with Crippen molar-refractivity contribution in [3.8, 4) is 11.8 Å². The van der Waals surface area contributed by atoms with Crippen molar-refractivity contribution in [2.45, 2.75) is 10.8 Å². The zero-order chi connectivity index (χ0) is 17.1. The lowest BCUT2D eigenvalue weighted by atomic mass is 10.1. The normalized spacial score (nSPS) is 10.5. The molecule has 0 saturated heterocycles. The number of hydrogen-bond acceptors (Lipinski definition) is 4. The standard InChI is InChI=1S/C18H13FN2O2S/c1-23-16-5-3-2-4-11(16)10-24-18-14-8-12(19)6-7-13(14)15(9-20)17(22)21-18/h2-8H,10H2,1H3,(H,21,22). The van der Waals surface area contributed by atoms with Gasteiger partial charge in [-0.05, 0) is 24.3 Å². The summed E-state index contributed by atoms with van der Waals surface area (Å²) in [4.78, 5) is 14.8. The van der Waals surface area contributed by atoms with Crippen LogP contribution in [0.1, 0.15) is 11.1 Å². The number of benzene rings is 2. The van der Waals surface area contributed by atoms with Crippen molar-refractivity contribution >= 4 is 22.5 Å². The molecule has 0 spiro atoms. The van der Waals surface area contributed by atoms with Gasteiger partial charge in [0, 0.05) is 22.1 Å². The van der Waals surface area contributed by atoms with Gasteiger partial charge in [0.15, 0.2) is 0 Å². The molecule has 4 nitrogen and oxygen atoms in total. The number of nitrogens with zero attached hydrogens (tertiary/aromatic N) is 1. The molecule has 1 heterocycles. The number of rotatable bonds is 4. The van der Waals surface area contributed by atoms with Gasteiger partial charge in [-0.3, -0.25) is 4.79 Å². The molecule has 0 saturated carbocycles. The van der Waals surface area contributed by atoms with Crippen LogP contribution < -0.4 is 10.3 Å². The Morgan fingerprint density at radius 2 is 2.04 bits per heavy atom. The van der Waals surface area contributed by atoms with Gasteiger partial charge in [-0.25, -0.2) is 4.39 Å². The van der Waals surface area contributed by atoms with E-state index in [2.05, 4.69) is 4.98 Å². The number of aromatic nitrogens is 1. The van der Waals surface area contributed by atoms with E-state index in [9.17, 15) is 9.18 Å². The first-order chi connectivity index (χ1) is 11.6. The molecule has 6 heteroatoms. The molecule has 1 N–H and O–H groups in total. The number of ether oxygens (including phenoxy) is 1. The lowest BCUT2D eigenvalue weighted by Gasteiger charge is -2.10. The largest absolute Gasteiger partial charge is 0.496 e. The molecule has 0 atom stereocenters. The van der Waals surface area contributed by atoms with Crippen molar-refractivity contribution in [3.05, 3.63) is 69.8 Å². The number of pyridine rings is 1. The Hall–Kier alpha value is -2.78.